The van der Waals surface area contributed by atoms with Gasteiger partial charge in [-0.2, -0.15) is 0 Å². The van der Waals surface area contributed by atoms with Gasteiger partial charge in [0.25, 0.3) is 0 Å². The van der Waals surface area contributed by atoms with Crippen LogP contribution in [-0.2, 0) is 57.2 Å². The van der Waals surface area contributed by atoms with Crippen LogP contribution in [0.2, 0.25) is 0 Å². The van der Waals surface area contributed by atoms with Gasteiger partial charge in [-0.15, -0.1) is 0 Å². The molecule has 0 spiro atoms. The maximum atomic E-state index is 13.6. The molecule has 402 valence electrons. The highest BCUT2D eigenvalue weighted by Crippen LogP contribution is 2.34. The summed E-state index contributed by atoms with van der Waals surface area (Å²) in [5.74, 6) is -2.66. The van der Waals surface area contributed by atoms with E-state index >= 15 is 0 Å². The lowest BCUT2D eigenvalue weighted by molar-refractivity contribution is -0.168. The van der Waals surface area contributed by atoms with E-state index in [2.05, 4.69) is 27.4 Å². The molecule has 15 nitrogen and oxygen atoms in total. The third kappa shape index (κ3) is 39.8. The van der Waals surface area contributed by atoms with Gasteiger partial charge in [-0.1, -0.05) is 117 Å². The minimum absolute atomic E-state index is 0.0696. The van der Waals surface area contributed by atoms with Gasteiger partial charge in [-0.25, -0.2) is 0 Å². The molecule has 0 atom stereocenters. The number of aliphatic hydroxyl groups is 2. The van der Waals surface area contributed by atoms with Crippen molar-refractivity contribution in [2.24, 2.45) is 0 Å². The van der Waals surface area contributed by atoms with Crippen molar-refractivity contribution < 1.29 is 67.4 Å². The summed E-state index contributed by atoms with van der Waals surface area (Å²) in [6.07, 6.45) is 22.5. The summed E-state index contributed by atoms with van der Waals surface area (Å²) >= 11 is 0. The first-order chi connectivity index (χ1) is 33.5. The molecule has 0 amide bonds. The Morgan fingerprint density at radius 1 is 0.377 bits per heavy atom. The molecule has 0 radical (unpaired) electrons. The van der Waals surface area contributed by atoms with Crippen molar-refractivity contribution >= 4 is 35.8 Å². The second-order valence-corrected chi connectivity index (χ2v) is 18.3. The average molecular weight is 984 g/mol. The predicted molar refractivity (Wildman–Crippen MR) is 268 cm³/mol. The van der Waals surface area contributed by atoms with Crippen molar-refractivity contribution in [1.82, 2.24) is 4.90 Å². The Morgan fingerprint density at radius 2 is 0.681 bits per heavy atom. The van der Waals surface area contributed by atoms with Gasteiger partial charge in [0.05, 0.1) is 65.5 Å². The van der Waals surface area contributed by atoms with Crippen LogP contribution in [0, 0.1) is 0 Å². The molecule has 0 unspecified atom stereocenters. The third-order valence-corrected chi connectivity index (χ3v) is 12.0. The maximum Gasteiger partial charge on any atom is 0.310 e. The summed E-state index contributed by atoms with van der Waals surface area (Å²) in [4.78, 5) is 78.9. The molecule has 0 aromatic carbocycles. The van der Waals surface area contributed by atoms with Gasteiger partial charge in [-0.05, 0) is 82.6 Å². The highest BCUT2D eigenvalue weighted by molar-refractivity contribution is 5.79. The summed E-state index contributed by atoms with van der Waals surface area (Å²) in [5.41, 5.74) is -1.42. The zero-order valence-electron chi connectivity index (χ0n) is 43.6. The maximum absolute atomic E-state index is 13.6. The van der Waals surface area contributed by atoms with Crippen molar-refractivity contribution in [2.75, 3.05) is 65.9 Å². The van der Waals surface area contributed by atoms with Crippen molar-refractivity contribution in [2.45, 2.75) is 232 Å². The lowest BCUT2D eigenvalue weighted by atomic mass is 9.84. The van der Waals surface area contributed by atoms with Crippen molar-refractivity contribution in [3.8, 4) is 0 Å². The van der Waals surface area contributed by atoms with E-state index in [0.717, 1.165) is 109 Å². The molecular weight excluding hydrogens is 887 g/mol. The summed E-state index contributed by atoms with van der Waals surface area (Å²) in [5, 5.41) is 19.0. The van der Waals surface area contributed by atoms with Gasteiger partial charge in [-0.3, -0.25) is 33.7 Å². The van der Waals surface area contributed by atoms with Crippen LogP contribution < -0.4 is 0 Å². The molecule has 0 aromatic rings. The van der Waals surface area contributed by atoms with Crippen LogP contribution in [0.15, 0.2) is 12.2 Å². The van der Waals surface area contributed by atoms with Crippen LogP contribution >= 0.6 is 0 Å². The second kappa shape index (κ2) is 46.8. The fourth-order valence-electron chi connectivity index (χ4n) is 7.71. The molecule has 0 aromatic heterocycles. The monoisotopic (exact) mass is 984 g/mol. The van der Waals surface area contributed by atoms with E-state index in [1.807, 2.05) is 0 Å². The van der Waals surface area contributed by atoms with Crippen molar-refractivity contribution in [3.05, 3.63) is 12.2 Å². The Labute approximate surface area is 416 Å². The molecule has 0 aliphatic carbocycles. The van der Waals surface area contributed by atoms with Crippen LogP contribution in [0.5, 0.6) is 0 Å². The Kier molecular flexibility index (Phi) is 44.4. The van der Waals surface area contributed by atoms with Gasteiger partial charge in [0.15, 0.2) is 5.60 Å². The average Bonchev–Trinajstić information content (AvgIpc) is 3.32. The molecule has 2 N–H and O–H groups in total. The van der Waals surface area contributed by atoms with E-state index in [0.29, 0.717) is 89.2 Å². The van der Waals surface area contributed by atoms with E-state index in [9.17, 15) is 39.0 Å². The zero-order valence-corrected chi connectivity index (χ0v) is 43.6. The summed E-state index contributed by atoms with van der Waals surface area (Å²) in [7, 11) is 0. The van der Waals surface area contributed by atoms with Gasteiger partial charge < -0.3 is 38.6 Å². The molecule has 69 heavy (non-hydrogen) atoms. The van der Waals surface area contributed by atoms with Crippen molar-refractivity contribution in [3.63, 3.8) is 0 Å². The standard InChI is InChI=1S/C54H97NO14/c1-5-8-11-14-22-31-48(58)64-40-25-18-17-21-30-47(4)54(69-51(61)34-35-55(36-38-56)37-39-57,45-52(62)67-43-28-19-26-41-65-49(59)32-23-15-12-9-6-2)46-53(63)68-44-29-20-27-42-66-50(60)33-24-16-13-10-7-3/h56-57H,4-46H2,1-3H3. The molecule has 0 bridgehead atoms. The minimum atomic E-state index is -1.79. The van der Waals surface area contributed by atoms with Gasteiger partial charge in [0.2, 0.25) is 0 Å². The predicted octanol–water partition coefficient (Wildman–Crippen LogP) is 10.4. The molecule has 0 aliphatic rings. The highest BCUT2D eigenvalue weighted by atomic mass is 16.6. The number of ether oxygens (including phenoxy) is 6. The van der Waals surface area contributed by atoms with Crippen LogP contribution in [0.3, 0.4) is 0 Å². The molecule has 0 aliphatic heterocycles. The summed E-state index contributed by atoms with van der Waals surface area (Å²) in [6.45, 7) is 12.0. The number of hydrogen-bond donors (Lipinski definition) is 2. The van der Waals surface area contributed by atoms with E-state index < -0.39 is 36.4 Å². The van der Waals surface area contributed by atoms with Crippen LogP contribution in [0.1, 0.15) is 226 Å². The Balaban J connectivity index is 5.69. The molecule has 0 rings (SSSR count). The Bertz CT molecular complexity index is 1280. The number of carbonyl (C=O) groups excluding carboxylic acids is 6. The number of carbonyl (C=O) groups is 6. The van der Waals surface area contributed by atoms with Crippen LogP contribution in [0.25, 0.3) is 0 Å². The fourth-order valence-corrected chi connectivity index (χ4v) is 7.71. The first kappa shape index (κ1) is 65.4. The van der Waals surface area contributed by atoms with E-state index in [1.54, 1.807) is 4.90 Å². The van der Waals surface area contributed by atoms with Gasteiger partial charge in [0, 0.05) is 38.9 Å². The molecular formula is C54H97NO14. The number of unbranched alkanes of at least 4 members (excludes halogenated alkanes) is 19. The Morgan fingerprint density at radius 3 is 1.03 bits per heavy atom. The number of aliphatic hydroxyl groups excluding tert-OH is 2. The highest BCUT2D eigenvalue weighted by Gasteiger charge is 2.43. The Hall–Kier alpha value is -3.56. The van der Waals surface area contributed by atoms with Crippen LogP contribution in [-0.4, -0.2) is 122 Å². The summed E-state index contributed by atoms with van der Waals surface area (Å²) in [6, 6.07) is 0. The first-order valence-corrected chi connectivity index (χ1v) is 27.1. The molecule has 0 fully saturated rings. The first-order valence-electron chi connectivity index (χ1n) is 27.1. The number of rotatable bonds is 50. The summed E-state index contributed by atoms with van der Waals surface area (Å²) < 4.78 is 33.6. The van der Waals surface area contributed by atoms with E-state index in [4.69, 9.17) is 28.4 Å². The van der Waals surface area contributed by atoms with Crippen LogP contribution in [0.4, 0.5) is 0 Å². The minimum Gasteiger partial charge on any atom is -0.466 e. The fraction of sp³-hybridized carbons (Fsp3) is 0.852. The molecule has 15 heteroatoms. The zero-order chi connectivity index (χ0) is 51.1. The van der Waals surface area contributed by atoms with Crippen molar-refractivity contribution in [1.29, 1.82) is 0 Å². The molecule has 0 saturated heterocycles. The smallest absolute Gasteiger partial charge is 0.310 e. The van der Waals surface area contributed by atoms with Gasteiger partial charge >= 0.3 is 35.8 Å². The lowest BCUT2D eigenvalue weighted by Crippen LogP contribution is -2.43. The van der Waals surface area contributed by atoms with E-state index in [-0.39, 0.29) is 83.6 Å². The number of hydrogen-bond acceptors (Lipinski definition) is 15. The number of nitrogens with zero attached hydrogens (tertiary/aromatic N) is 1. The lowest BCUT2D eigenvalue weighted by Gasteiger charge is -2.34. The third-order valence-electron chi connectivity index (χ3n) is 12.0. The largest absolute Gasteiger partial charge is 0.466 e. The molecule has 0 heterocycles. The molecule has 0 saturated carbocycles. The van der Waals surface area contributed by atoms with Gasteiger partial charge in [0.1, 0.15) is 0 Å². The number of esters is 6. The second-order valence-electron chi connectivity index (χ2n) is 18.3. The SMILES string of the molecule is C=C(CCCCCCOC(=O)CCCCCCC)C(CC(=O)OCCCCCOC(=O)CCCCCCC)(CC(=O)OCCCCCOC(=O)CCCCCCC)OC(=O)CCN(CCO)CCO. The normalized spacial score (nSPS) is 11.3. The quantitative estimate of drug-likeness (QED) is 0.0252. The van der Waals surface area contributed by atoms with E-state index in [1.165, 1.54) is 0 Å². The topological polar surface area (TPSA) is 201 Å².